The van der Waals surface area contributed by atoms with Crippen molar-refractivity contribution in [3.8, 4) is 0 Å². The Labute approximate surface area is 158 Å². The van der Waals surface area contributed by atoms with Crippen molar-refractivity contribution in [2.24, 2.45) is 0 Å². The lowest BCUT2D eigenvalue weighted by Crippen LogP contribution is -2.52. The molecule has 1 fully saturated rings. The minimum absolute atomic E-state index is 0.0322. The van der Waals surface area contributed by atoms with Gasteiger partial charge in [0.05, 0.1) is 6.04 Å². The predicted molar refractivity (Wildman–Crippen MR) is 100 cm³/mol. The molecule has 134 valence electrons. The van der Waals surface area contributed by atoms with Crippen LogP contribution in [-0.4, -0.2) is 22.9 Å². The number of halogens is 3. The lowest BCUT2D eigenvalue weighted by atomic mass is 9.77. The molecule has 1 saturated heterocycles. The largest absolute Gasteiger partial charge is 0.333 e. The second-order valence-corrected chi connectivity index (χ2v) is 7.96. The number of carbonyl (C=O) groups excluding carboxylic acids is 1. The fraction of sp³-hybridized carbons (Fsp3) is 0.450. The van der Waals surface area contributed by atoms with Gasteiger partial charge < -0.3 is 4.90 Å². The fourth-order valence-electron chi connectivity index (χ4n) is 3.97. The van der Waals surface area contributed by atoms with Crippen LogP contribution in [0.25, 0.3) is 0 Å². The summed E-state index contributed by atoms with van der Waals surface area (Å²) in [4.78, 5) is 14.6. The summed E-state index contributed by atoms with van der Waals surface area (Å²) < 4.78 is 13.9. The van der Waals surface area contributed by atoms with Gasteiger partial charge >= 0.3 is 0 Å². The summed E-state index contributed by atoms with van der Waals surface area (Å²) in [5.41, 5.74) is 2.03. The summed E-state index contributed by atoms with van der Waals surface area (Å²) in [5, 5.41) is 1.22. The third-order valence-electron chi connectivity index (χ3n) is 5.02. The van der Waals surface area contributed by atoms with Crippen LogP contribution in [0.3, 0.4) is 0 Å². The number of piperidine rings is 1. The molecule has 0 unspecified atom stereocenters. The second-order valence-electron chi connectivity index (χ2n) is 7.04. The van der Waals surface area contributed by atoms with Gasteiger partial charge in [0.2, 0.25) is 5.91 Å². The molecule has 5 heteroatoms. The zero-order chi connectivity index (χ0) is 18.1. The van der Waals surface area contributed by atoms with Gasteiger partial charge in [-0.1, -0.05) is 29.3 Å². The summed E-state index contributed by atoms with van der Waals surface area (Å²) in [6, 6.07) is 4.68. The van der Waals surface area contributed by atoms with Crippen molar-refractivity contribution in [3.05, 3.63) is 57.4 Å². The average molecular weight is 382 g/mol. The Kier molecular flexibility index (Phi) is 5.55. The lowest BCUT2D eigenvalue weighted by molar-refractivity contribution is -0.138. The molecular weight excluding hydrogens is 360 g/mol. The van der Waals surface area contributed by atoms with Crippen LogP contribution >= 0.6 is 23.2 Å². The van der Waals surface area contributed by atoms with E-state index < -0.39 is 0 Å². The molecule has 0 radical (unpaired) electrons. The molecule has 0 spiro atoms. The van der Waals surface area contributed by atoms with Gasteiger partial charge in [-0.15, -0.1) is 0 Å². The number of rotatable bonds is 3. The summed E-state index contributed by atoms with van der Waals surface area (Å²) in [5.74, 6) is -0.153. The molecular formula is C20H22Cl2FNO. The van der Waals surface area contributed by atoms with Crippen LogP contribution in [0.1, 0.15) is 51.0 Å². The zero-order valence-electron chi connectivity index (χ0n) is 14.4. The van der Waals surface area contributed by atoms with Crippen molar-refractivity contribution in [1.82, 2.24) is 4.90 Å². The van der Waals surface area contributed by atoms with Gasteiger partial charge in [-0.2, -0.15) is 0 Å². The molecule has 0 aromatic heterocycles. The van der Waals surface area contributed by atoms with E-state index in [1.54, 1.807) is 6.07 Å². The lowest BCUT2D eigenvalue weighted by Gasteiger charge is -2.45. The first-order valence-electron chi connectivity index (χ1n) is 8.69. The summed E-state index contributed by atoms with van der Waals surface area (Å²) in [6.45, 7) is 4.05. The molecule has 3 rings (SSSR count). The Morgan fingerprint density at radius 3 is 2.48 bits per heavy atom. The highest BCUT2D eigenvalue weighted by molar-refractivity contribution is 6.30. The smallest absolute Gasteiger partial charge is 0.223 e. The topological polar surface area (TPSA) is 20.3 Å². The predicted octanol–water partition coefficient (Wildman–Crippen LogP) is 5.81. The Morgan fingerprint density at radius 2 is 1.88 bits per heavy atom. The second kappa shape index (κ2) is 7.51. The SMILES string of the molecule is CC(C)N1C(=O)CC[C@H](c2cc(F)cc(Cl)c2)[C@H]1C1=CC=C(Cl)CC1. The van der Waals surface area contributed by atoms with E-state index in [-0.39, 0.29) is 29.7 Å². The van der Waals surface area contributed by atoms with E-state index >= 15 is 0 Å². The first kappa shape index (κ1) is 18.5. The molecule has 1 aromatic rings. The van der Waals surface area contributed by atoms with Crippen molar-refractivity contribution in [3.63, 3.8) is 0 Å². The minimum atomic E-state index is -0.338. The average Bonchev–Trinajstić information content (AvgIpc) is 2.54. The molecule has 1 heterocycles. The standard InChI is InChI=1S/C20H22Cl2FNO/c1-12(2)24-19(25)8-7-18(14-9-16(22)11-17(23)10-14)20(24)13-3-5-15(21)6-4-13/h3,5,9-12,18,20H,4,6-8H2,1-2H3/t18-,20-/m1/s1. The van der Waals surface area contributed by atoms with Crippen LogP contribution in [0.15, 0.2) is 41.0 Å². The van der Waals surface area contributed by atoms with Crippen LogP contribution < -0.4 is 0 Å². The van der Waals surface area contributed by atoms with Gasteiger partial charge in [-0.25, -0.2) is 4.39 Å². The highest BCUT2D eigenvalue weighted by Gasteiger charge is 2.40. The van der Waals surface area contributed by atoms with Gasteiger partial charge in [0.1, 0.15) is 5.82 Å². The van der Waals surface area contributed by atoms with Crippen molar-refractivity contribution in [2.75, 3.05) is 0 Å². The Hall–Kier alpha value is -1.32. The van der Waals surface area contributed by atoms with Gasteiger partial charge in [0.25, 0.3) is 0 Å². The number of likely N-dealkylation sites (tertiary alicyclic amines) is 1. The number of hydrogen-bond acceptors (Lipinski definition) is 1. The van der Waals surface area contributed by atoms with E-state index in [4.69, 9.17) is 23.2 Å². The van der Waals surface area contributed by atoms with E-state index in [9.17, 15) is 9.18 Å². The van der Waals surface area contributed by atoms with Crippen molar-refractivity contribution >= 4 is 29.1 Å². The fourth-order valence-corrected chi connectivity index (χ4v) is 4.36. The van der Waals surface area contributed by atoms with Crippen molar-refractivity contribution in [1.29, 1.82) is 0 Å². The Morgan fingerprint density at radius 1 is 1.12 bits per heavy atom. The zero-order valence-corrected chi connectivity index (χ0v) is 15.9. The molecule has 1 aliphatic heterocycles. The van der Waals surface area contributed by atoms with Crippen LogP contribution in [-0.2, 0) is 4.79 Å². The molecule has 2 nitrogen and oxygen atoms in total. The van der Waals surface area contributed by atoms with E-state index in [0.29, 0.717) is 17.9 Å². The first-order valence-corrected chi connectivity index (χ1v) is 9.44. The quantitative estimate of drug-likeness (QED) is 0.647. The maximum atomic E-state index is 13.9. The number of carbonyl (C=O) groups is 1. The van der Waals surface area contributed by atoms with Gasteiger partial charge in [0, 0.05) is 28.4 Å². The summed E-state index contributed by atoms with van der Waals surface area (Å²) in [7, 11) is 0. The normalized spacial score (nSPS) is 24.4. The molecule has 0 N–H and O–H groups in total. The molecule has 2 aliphatic rings. The molecule has 0 saturated carbocycles. The molecule has 2 atom stereocenters. The number of allylic oxidation sites excluding steroid dienone is 3. The number of hydrogen-bond donors (Lipinski definition) is 0. The third-order valence-corrected chi connectivity index (χ3v) is 5.55. The maximum absolute atomic E-state index is 13.9. The van der Waals surface area contributed by atoms with Crippen molar-refractivity contribution < 1.29 is 9.18 Å². The molecule has 25 heavy (non-hydrogen) atoms. The van der Waals surface area contributed by atoms with Crippen molar-refractivity contribution in [2.45, 2.75) is 57.5 Å². The molecule has 1 aliphatic carbocycles. The summed E-state index contributed by atoms with van der Waals surface area (Å²) >= 11 is 12.2. The van der Waals surface area contributed by atoms with E-state index in [1.807, 2.05) is 37.0 Å². The van der Waals surface area contributed by atoms with Gasteiger partial charge in [0.15, 0.2) is 0 Å². The summed E-state index contributed by atoms with van der Waals surface area (Å²) in [6.07, 6.45) is 6.70. The number of benzene rings is 1. The van der Waals surface area contributed by atoms with Crippen LogP contribution in [0.2, 0.25) is 5.02 Å². The van der Waals surface area contributed by atoms with E-state index in [0.717, 1.165) is 23.4 Å². The first-order chi connectivity index (χ1) is 11.9. The minimum Gasteiger partial charge on any atom is -0.333 e. The van der Waals surface area contributed by atoms with Gasteiger partial charge in [-0.3, -0.25) is 4.79 Å². The highest BCUT2D eigenvalue weighted by atomic mass is 35.5. The van der Waals surface area contributed by atoms with Crippen LogP contribution in [0.4, 0.5) is 4.39 Å². The monoisotopic (exact) mass is 381 g/mol. The van der Waals surface area contributed by atoms with E-state index in [2.05, 4.69) is 0 Å². The Bertz CT molecular complexity index is 721. The Balaban J connectivity index is 2.07. The van der Waals surface area contributed by atoms with E-state index in [1.165, 1.54) is 11.6 Å². The molecule has 1 amide bonds. The number of nitrogens with zero attached hydrogens (tertiary/aromatic N) is 1. The van der Waals surface area contributed by atoms with Gasteiger partial charge in [-0.05, 0) is 68.5 Å². The van der Waals surface area contributed by atoms with Crippen LogP contribution in [0, 0.1) is 5.82 Å². The molecule has 1 aromatic carbocycles. The van der Waals surface area contributed by atoms with Crippen LogP contribution in [0.5, 0.6) is 0 Å². The third kappa shape index (κ3) is 3.93. The maximum Gasteiger partial charge on any atom is 0.223 e. The molecule has 0 bridgehead atoms. The highest BCUT2D eigenvalue weighted by Crippen LogP contribution is 2.41. The number of amides is 1.